The number of rotatable bonds is 5. The van der Waals surface area contributed by atoms with Crippen molar-refractivity contribution in [2.45, 2.75) is 46.1 Å². The van der Waals surface area contributed by atoms with Gasteiger partial charge in [0, 0.05) is 12.6 Å². The van der Waals surface area contributed by atoms with Gasteiger partial charge in [-0.2, -0.15) is 0 Å². The molecule has 1 aliphatic carbocycles. The van der Waals surface area contributed by atoms with Crippen molar-refractivity contribution in [3.05, 3.63) is 17.8 Å². The zero-order valence-corrected chi connectivity index (χ0v) is 13.3. The molecule has 0 aliphatic heterocycles. The lowest BCUT2D eigenvalue weighted by Crippen LogP contribution is -2.33. The molecule has 21 heavy (non-hydrogen) atoms. The van der Waals surface area contributed by atoms with Crippen LogP contribution in [0.4, 0.5) is 5.82 Å². The third-order valence-corrected chi connectivity index (χ3v) is 3.53. The summed E-state index contributed by atoms with van der Waals surface area (Å²) < 4.78 is 5.25. The maximum Gasteiger partial charge on any atom is 0.273 e. The minimum absolute atomic E-state index is 0.0324. The number of carbonyl (C=O) groups excluding carboxylic acids is 1. The van der Waals surface area contributed by atoms with Crippen molar-refractivity contribution in [3.63, 3.8) is 0 Å². The van der Waals surface area contributed by atoms with E-state index in [9.17, 15) is 4.79 Å². The monoisotopic (exact) mass is 291 g/mol. The zero-order chi connectivity index (χ0) is 15.5. The van der Waals surface area contributed by atoms with E-state index >= 15 is 0 Å². The quantitative estimate of drug-likeness (QED) is 0.875. The molecule has 0 bridgehead atoms. The van der Waals surface area contributed by atoms with E-state index in [1.54, 1.807) is 13.2 Å². The molecule has 0 saturated heterocycles. The molecule has 1 aromatic rings. The van der Waals surface area contributed by atoms with Crippen LogP contribution in [-0.2, 0) is 0 Å². The number of aromatic nitrogens is 1. The van der Waals surface area contributed by atoms with Gasteiger partial charge in [-0.25, -0.2) is 4.98 Å². The summed E-state index contributed by atoms with van der Waals surface area (Å²) in [5, 5.41) is 6.26. The molecule has 0 radical (unpaired) electrons. The Bertz CT molecular complexity index is 505. The lowest BCUT2D eigenvalue weighted by Gasteiger charge is -2.27. The Hall–Kier alpha value is -1.78. The lowest BCUT2D eigenvalue weighted by atomic mass is 9.93. The summed E-state index contributed by atoms with van der Waals surface area (Å²) in [4.78, 5) is 16.7. The SMILES string of the molecule is COc1ccc(NC2CCC2)nc1C(=O)NCC(C)(C)C. The second kappa shape index (κ2) is 6.33. The fourth-order valence-electron chi connectivity index (χ4n) is 2.05. The topological polar surface area (TPSA) is 63.2 Å². The van der Waals surface area contributed by atoms with Crippen molar-refractivity contribution >= 4 is 11.7 Å². The number of nitrogens with one attached hydrogen (secondary N) is 2. The van der Waals surface area contributed by atoms with Gasteiger partial charge in [-0.15, -0.1) is 0 Å². The van der Waals surface area contributed by atoms with Gasteiger partial charge in [0.05, 0.1) is 7.11 Å². The first kappa shape index (κ1) is 15.6. The molecule has 1 heterocycles. The third kappa shape index (κ3) is 4.34. The number of ether oxygens (including phenoxy) is 1. The number of methoxy groups -OCH3 is 1. The smallest absolute Gasteiger partial charge is 0.273 e. The standard InChI is InChI=1S/C16H25N3O2/c1-16(2,3)10-17-15(20)14-12(21-4)8-9-13(19-14)18-11-6-5-7-11/h8-9,11H,5-7,10H2,1-4H3,(H,17,20)(H,18,19). The van der Waals surface area contributed by atoms with E-state index < -0.39 is 0 Å². The minimum atomic E-state index is -0.195. The molecule has 2 rings (SSSR count). The number of anilines is 1. The van der Waals surface area contributed by atoms with E-state index in [-0.39, 0.29) is 11.3 Å². The number of carbonyl (C=O) groups is 1. The number of amides is 1. The summed E-state index contributed by atoms with van der Waals surface area (Å²) in [6.45, 7) is 6.82. The summed E-state index contributed by atoms with van der Waals surface area (Å²) in [7, 11) is 1.55. The van der Waals surface area contributed by atoms with Crippen LogP contribution in [0, 0.1) is 5.41 Å². The van der Waals surface area contributed by atoms with Crippen LogP contribution in [0.2, 0.25) is 0 Å². The van der Waals surface area contributed by atoms with Crippen LogP contribution in [0.5, 0.6) is 5.75 Å². The molecule has 0 atom stereocenters. The number of hydrogen-bond donors (Lipinski definition) is 2. The van der Waals surface area contributed by atoms with Crippen molar-refractivity contribution < 1.29 is 9.53 Å². The zero-order valence-electron chi connectivity index (χ0n) is 13.3. The molecule has 0 aromatic carbocycles. The Balaban J connectivity index is 2.10. The van der Waals surface area contributed by atoms with Crippen LogP contribution >= 0.6 is 0 Å². The summed E-state index contributed by atoms with van der Waals surface area (Å²) in [6.07, 6.45) is 3.59. The summed E-state index contributed by atoms with van der Waals surface area (Å²) in [5.41, 5.74) is 0.371. The fraction of sp³-hybridized carbons (Fsp3) is 0.625. The van der Waals surface area contributed by atoms with Crippen molar-refractivity contribution in [1.82, 2.24) is 10.3 Å². The maximum absolute atomic E-state index is 12.3. The van der Waals surface area contributed by atoms with E-state index in [1.807, 2.05) is 6.07 Å². The van der Waals surface area contributed by atoms with Crippen molar-refractivity contribution in [1.29, 1.82) is 0 Å². The predicted molar refractivity (Wildman–Crippen MR) is 83.8 cm³/mol. The van der Waals surface area contributed by atoms with Gasteiger partial charge in [-0.05, 0) is 36.8 Å². The van der Waals surface area contributed by atoms with Crippen LogP contribution < -0.4 is 15.4 Å². The van der Waals surface area contributed by atoms with E-state index in [0.29, 0.717) is 24.0 Å². The first-order chi connectivity index (χ1) is 9.89. The molecule has 1 aromatic heterocycles. The van der Waals surface area contributed by atoms with Gasteiger partial charge in [0.1, 0.15) is 11.6 Å². The number of hydrogen-bond acceptors (Lipinski definition) is 4. The molecule has 1 fully saturated rings. The normalized spacial score (nSPS) is 15.2. The summed E-state index contributed by atoms with van der Waals surface area (Å²) in [5.74, 6) is 1.04. The second-order valence-corrected chi connectivity index (χ2v) is 6.76. The van der Waals surface area contributed by atoms with Gasteiger partial charge in [0.2, 0.25) is 0 Å². The maximum atomic E-state index is 12.3. The highest BCUT2D eigenvalue weighted by Crippen LogP contribution is 2.25. The molecule has 1 saturated carbocycles. The van der Waals surface area contributed by atoms with Gasteiger partial charge >= 0.3 is 0 Å². The van der Waals surface area contributed by atoms with Crippen LogP contribution in [0.3, 0.4) is 0 Å². The highest BCUT2D eigenvalue weighted by Gasteiger charge is 2.21. The number of pyridine rings is 1. The summed E-state index contributed by atoms with van der Waals surface area (Å²) in [6, 6.07) is 4.13. The third-order valence-electron chi connectivity index (χ3n) is 3.53. The van der Waals surface area contributed by atoms with Crippen LogP contribution in [0.15, 0.2) is 12.1 Å². The fourth-order valence-corrected chi connectivity index (χ4v) is 2.05. The van der Waals surface area contributed by atoms with Gasteiger partial charge in [0.15, 0.2) is 5.69 Å². The Morgan fingerprint density at radius 1 is 1.38 bits per heavy atom. The van der Waals surface area contributed by atoms with E-state index in [1.165, 1.54) is 19.3 Å². The Labute approximate surface area is 126 Å². The molecule has 2 N–H and O–H groups in total. The van der Waals surface area contributed by atoms with Gasteiger partial charge in [-0.3, -0.25) is 4.79 Å². The Morgan fingerprint density at radius 3 is 2.62 bits per heavy atom. The van der Waals surface area contributed by atoms with Crippen molar-refractivity contribution in [3.8, 4) is 5.75 Å². The van der Waals surface area contributed by atoms with E-state index in [0.717, 1.165) is 5.82 Å². The summed E-state index contributed by atoms with van der Waals surface area (Å²) >= 11 is 0. The molecule has 116 valence electrons. The van der Waals surface area contributed by atoms with Crippen LogP contribution in [-0.4, -0.2) is 30.6 Å². The van der Waals surface area contributed by atoms with Crippen molar-refractivity contribution in [2.24, 2.45) is 5.41 Å². The first-order valence-electron chi connectivity index (χ1n) is 7.49. The van der Waals surface area contributed by atoms with Crippen molar-refractivity contribution in [2.75, 3.05) is 19.0 Å². The predicted octanol–water partition coefficient (Wildman–Crippen LogP) is 2.83. The van der Waals surface area contributed by atoms with Gasteiger partial charge in [-0.1, -0.05) is 20.8 Å². The van der Waals surface area contributed by atoms with Crippen LogP contribution in [0.25, 0.3) is 0 Å². The average molecular weight is 291 g/mol. The number of nitrogens with zero attached hydrogens (tertiary/aromatic N) is 1. The molecule has 1 amide bonds. The molecule has 0 spiro atoms. The Morgan fingerprint density at radius 2 is 2.10 bits per heavy atom. The van der Waals surface area contributed by atoms with Gasteiger partial charge < -0.3 is 15.4 Å². The first-order valence-corrected chi connectivity index (χ1v) is 7.49. The van der Waals surface area contributed by atoms with E-state index in [4.69, 9.17) is 4.74 Å². The molecule has 1 aliphatic rings. The van der Waals surface area contributed by atoms with Gasteiger partial charge in [0.25, 0.3) is 5.91 Å². The highest BCUT2D eigenvalue weighted by molar-refractivity contribution is 5.95. The minimum Gasteiger partial charge on any atom is -0.494 e. The average Bonchev–Trinajstić information content (AvgIpc) is 2.39. The van der Waals surface area contributed by atoms with E-state index in [2.05, 4.69) is 36.4 Å². The molecular weight excluding hydrogens is 266 g/mol. The Kier molecular flexibility index (Phi) is 4.70. The largest absolute Gasteiger partial charge is 0.494 e. The lowest BCUT2D eigenvalue weighted by molar-refractivity contribution is 0.0931. The molecule has 0 unspecified atom stereocenters. The molecule has 5 heteroatoms. The second-order valence-electron chi connectivity index (χ2n) is 6.76. The molecule has 5 nitrogen and oxygen atoms in total. The van der Waals surface area contributed by atoms with Crippen LogP contribution in [0.1, 0.15) is 50.5 Å². The molecular formula is C16H25N3O2. The highest BCUT2D eigenvalue weighted by atomic mass is 16.5.